The summed E-state index contributed by atoms with van der Waals surface area (Å²) in [5.41, 5.74) is 3.25. The van der Waals surface area contributed by atoms with Crippen molar-refractivity contribution >= 4 is 44.2 Å². The second-order valence-corrected chi connectivity index (χ2v) is 7.26. The maximum absolute atomic E-state index is 9.56. The Morgan fingerprint density at radius 1 is 0.767 bits per heavy atom. The van der Waals surface area contributed by atoms with E-state index in [0.29, 0.717) is 38.6 Å². The molecule has 4 aromatic carbocycles. The van der Waals surface area contributed by atoms with Crippen molar-refractivity contribution in [2.24, 2.45) is 0 Å². The summed E-state index contributed by atoms with van der Waals surface area (Å²) >= 11 is 6.26. The molecule has 138 valence electrons. The molecule has 0 aliphatic heterocycles. The fourth-order valence-corrected chi connectivity index (χ4v) is 4.05. The molecule has 1 aromatic heterocycles. The first-order valence-corrected chi connectivity index (χ1v) is 9.41. The molecule has 5 aromatic rings. The molecule has 0 saturated heterocycles. The van der Waals surface area contributed by atoms with Gasteiger partial charge in [-0.2, -0.15) is 15.8 Å². The fraction of sp³-hybridized carbons (Fsp3) is 0. The first-order chi connectivity index (χ1) is 14.6. The average Bonchev–Trinajstić information content (AvgIpc) is 3.23. The van der Waals surface area contributed by atoms with Gasteiger partial charge in [0.05, 0.1) is 51.5 Å². The standard InChI is InChI=1S/C24H10ClN5/c25-16-5-7-18-20(9-16)19-8-13(10-26)4-6-17(19)22-23(18)30-24(29-22)21-14(11-27)2-1-3-15(21)12-28/h1-9H,(H,29,30). The van der Waals surface area contributed by atoms with Crippen LogP contribution in [0.1, 0.15) is 16.7 Å². The largest absolute Gasteiger partial charge is 0.337 e. The van der Waals surface area contributed by atoms with Gasteiger partial charge >= 0.3 is 0 Å². The third-order valence-corrected chi connectivity index (χ3v) is 5.43. The van der Waals surface area contributed by atoms with Crippen LogP contribution in [0.5, 0.6) is 0 Å². The lowest BCUT2D eigenvalue weighted by molar-refractivity contribution is 1.31. The van der Waals surface area contributed by atoms with E-state index in [1.165, 1.54) is 0 Å². The minimum absolute atomic E-state index is 0.372. The zero-order chi connectivity index (χ0) is 20.8. The van der Waals surface area contributed by atoms with Gasteiger partial charge in [0, 0.05) is 15.8 Å². The Morgan fingerprint density at radius 3 is 2.17 bits per heavy atom. The molecule has 1 heterocycles. The van der Waals surface area contributed by atoms with Crippen molar-refractivity contribution in [3.63, 3.8) is 0 Å². The predicted molar refractivity (Wildman–Crippen MR) is 116 cm³/mol. The molecule has 5 rings (SSSR count). The van der Waals surface area contributed by atoms with Crippen LogP contribution in [0.25, 0.3) is 44.0 Å². The number of imidazole rings is 1. The highest BCUT2D eigenvalue weighted by Gasteiger charge is 2.18. The molecule has 30 heavy (non-hydrogen) atoms. The number of rotatable bonds is 1. The number of fused-ring (bicyclic) bond motifs is 6. The van der Waals surface area contributed by atoms with E-state index in [1.54, 1.807) is 30.3 Å². The SMILES string of the molecule is N#Cc1ccc2c(c1)c1cc(Cl)ccc1c1[nH]c(-c3c(C#N)cccc3C#N)nc21. The second kappa shape index (κ2) is 6.61. The number of hydrogen-bond acceptors (Lipinski definition) is 4. The molecule has 0 saturated carbocycles. The summed E-state index contributed by atoms with van der Waals surface area (Å²) in [6, 6.07) is 22.5. The molecule has 1 N–H and O–H groups in total. The Hall–Kier alpha value is -4.37. The second-order valence-electron chi connectivity index (χ2n) is 6.82. The number of nitriles is 3. The van der Waals surface area contributed by atoms with Crippen LogP contribution in [0.3, 0.4) is 0 Å². The van der Waals surface area contributed by atoms with Gasteiger partial charge in [-0.25, -0.2) is 4.98 Å². The molecule has 0 unspecified atom stereocenters. The molecule has 0 aliphatic rings. The molecule has 0 radical (unpaired) electrons. The molecule has 0 amide bonds. The predicted octanol–water partition coefficient (Wildman–Crippen LogP) is 5.80. The van der Waals surface area contributed by atoms with Crippen LogP contribution in [-0.2, 0) is 0 Å². The molecule has 5 nitrogen and oxygen atoms in total. The number of aromatic amines is 1. The normalized spacial score (nSPS) is 10.7. The topological polar surface area (TPSA) is 100 Å². The molecule has 0 spiro atoms. The lowest BCUT2D eigenvalue weighted by Crippen LogP contribution is -1.91. The minimum atomic E-state index is 0.372. The summed E-state index contributed by atoms with van der Waals surface area (Å²) in [7, 11) is 0. The Bertz CT molecular complexity index is 1610. The van der Waals surface area contributed by atoms with Gasteiger partial charge in [0.25, 0.3) is 0 Å². The third-order valence-electron chi connectivity index (χ3n) is 5.19. The van der Waals surface area contributed by atoms with Gasteiger partial charge in [0.2, 0.25) is 0 Å². The van der Waals surface area contributed by atoms with Crippen molar-refractivity contribution in [1.29, 1.82) is 15.8 Å². The molecular formula is C24H10ClN5. The van der Waals surface area contributed by atoms with Crippen molar-refractivity contribution in [3.05, 3.63) is 76.3 Å². The molecule has 6 heteroatoms. The van der Waals surface area contributed by atoms with Gasteiger partial charge in [-0.05, 0) is 47.2 Å². The number of H-pyrrole nitrogens is 1. The van der Waals surface area contributed by atoms with Crippen LogP contribution in [0.2, 0.25) is 5.02 Å². The van der Waals surface area contributed by atoms with Crippen LogP contribution in [-0.4, -0.2) is 9.97 Å². The monoisotopic (exact) mass is 403 g/mol. The van der Waals surface area contributed by atoms with Gasteiger partial charge in [-0.15, -0.1) is 0 Å². The van der Waals surface area contributed by atoms with E-state index in [1.807, 2.05) is 24.3 Å². The first kappa shape index (κ1) is 17.7. The quantitative estimate of drug-likeness (QED) is 0.357. The van der Waals surface area contributed by atoms with Crippen LogP contribution < -0.4 is 0 Å². The maximum atomic E-state index is 9.56. The van der Waals surface area contributed by atoms with Crippen molar-refractivity contribution in [2.45, 2.75) is 0 Å². The number of benzene rings is 4. The summed E-state index contributed by atoms with van der Waals surface area (Å²) < 4.78 is 0. The minimum Gasteiger partial charge on any atom is -0.337 e. The van der Waals surface area contributed by atoms with E-state index in [4.69, 9.17) is 16.6 Å². The third kappa shape index (κ3) is 2.50. The number of aromatic nitrogens is 2. The highest BCUT2D eigenvalue weighted by atomic mass is 35.5. The van der Waals surface area contributed by atoms with Crippen LogP contribution >= 0.6 is 11.6 Å². The van der Waals surface area contributed by atoms with E-state index in [2.05, 4.69) is 23.2 Å². The maximum Gasteiger partial charge on any atom is 0.141 e. The number of nitrogens with one attached hydrogen (secondary N) is 1. The summed E-state index contributed by atoms with van der Waals surface area (Å²) in [6.45, 7) is 0. The Labute approximate surface area is 176 Å². The summed E-state index contributed by atoms with van der Waals surface area (Å²) in [4.78, 5) is 8.11. The molecule has 0 aliphatic carbocycles. The zero-order valence-corrected chi connectivity index (χ0v) is 16.1. The molecule has 0 fully saturated rings. The lowest BCUT2D eigenvalue weighted by Gasteiger charge is -2.07. The van der Waals surface area contributed by atoms with Gasteiger partial charge < -0.3 is 4.98 Å². The summed E-state index contributed by atoms with van der Waals surface area (Å²) in [5.74, 6) is 0.451. The average molecular weight is 404 g/mol. The Morgan fingerprint density at radius 2 is 1.47 bits per heavy atom. The van der Waals surface area contributed by atoms with E-state index >= 15 is 0 Å². The van der Waals surface area contributed by atoms with E-state index in [-0.39, 0.29) is 0 Å². The van der Waals surface area contributed by atoms with E-state index in [0.717, 1.165) is 27.1 Å². The number of nitrogens with zero attached hydrogens (tertiary/aromatic N) is 4. The van der Waals surface area contributed by atoms with Crippen LogP contribution in [0.4, 0.5) is 0 Å². The summed E-state index contributed by atoms with van der Waals surface area (Å²) in [6.07, 6.45) is 0. The summed E-state index contributed by atoms with van der Waals surface area (Å²) in [5, 5.41) is 32.6. The first-order valence-electron chi connectivity index (χ1n) is 9.03. The van der Waals surface area contributed by atoms with Crippen molar-refractivity contribution in [1.82, 2.24) is 9.97 Å². The number of hydrogen-bond donors (Lipinski definition) is 1. The molecular weight excluding hydrogens is 394 g/mol. The van der Waals surface area contributed by atoms with Crippen LogP contribution in [0.15, 0.2) is 54.6 Å². The lowest BCUT2D eigenvalue weighted by atomic mass is 9.98. The van der Waals surface area contributed by atoms with E-state index in [9.17, 15) is 15.8 Å². The highest BCUT2D eigenvalue weighted by molar-refractivity contribution is 6.33. The molecule has 0 bridgehead atoms. The van der Waals surface area contributed by atoms with Gasteiger partial charge in [-0.1, -0.05) is 29.8 Å². The highest BCUT2D eigenvalue weighted by Crippen LogP contribution is 2.37. The van der Waals surface area contributed by atoms with Gasteiger partial charge in [0.1, 0.15) is 5.82 Å². The van der Waals surface area contributed by atoms with Crippen molar-refractivity contribution < 1.29 is 0 Å². The van der Waals surface area contributed by atoms with Crippen LogP contribution in [0, 0.1) is 34.0 Å². The van der Waals surface area contributed by atoms with Gasteiger partial charge in [0.15, 0.2) is 0 Å². The Balaban J connectivity index is 1.98. The van der Waals surface area contributed by atoms with Crippen molar-refractivity contribution in [2.75, 3.05) is 0 Å². The number of halogens is 1. The fourth-order valence-electron chi connectivity index (χ4n) is 3.88. The van der Waals surface area contributed by atoms with Gasteiger partial charge in [-0.3, -0.25) is 0 Å². The smallest absolute Gasteiger partial charge is 0.141 e. The van der Waals surface area contributed by atoms with E-state index < -0.39 is 0 Å². The molecule has 0 atom stereocenters. The van der Waals surface area contributed by atoms with Crippen molar-refractivity contribution in [3.8, 4) is 29.6 Å². The zero-order valence-electron chi connectivity index (χ0n) is 15.4. The Kier molecular flexibility index (Phi) is 3.90.